The molecule has 0 aromatic heterocycles. The van der Waals surface area contributed by atoms with Crippen LogP contribution in [0.25, 0.3) is 0 Å². The van der Waals surface area contributed by atoms with Gasteiger partial charge in [0.25, 0.3) is 0 Å². The predicted octanol–water partition coefficient (Wildman–Crippen LogP) is 3.01. The van der Waals surface area contributed by atoms with Crippen molar-refractivity contribution in [3.8, 4) is 5.75 Å². The van der Waals surface area contributed by atoms with Crippen LogP contribution in [0.4, 0.5) is 0 Å². The van der Waals surface area contributed by atoms with Crippen LogP contribution in [0.5, 0.6) is 5.75 Å². The second-order valence-corrected chi connectivity index (χ2v) is 4.18. The van der Waals surface area contributed by atoms with E-state index in [2.05, 4.69) is 19.1 Å². The van der Waals surface area contributed by atoms with Crippen molar-refractivity contribution < 1.29 is 9.84 Å². The summed E-state index contributed by atoms with van der Waals surface area (Å²) < 4.78 is 5.38. The molecule has 0 saturated carbocycles. The average Bonchev–Trinajstić information content (AvgIpc) is 2.34. The van der Waals surface area contributed by atoms with Crippen molar-refractivity contribution in [2.75, 3.05) is 12.5 Å². The third-order valence-corrected chi connectivity index (χ3v) is 2.72. The first-order valence-electron chi connectivity index (χ1n) is 5.72. The van der Waals surface area contributed by atoms with Gasteiger partial charge in [-0.15, -0.1) is 11.6 Å². The maximum Gasteiger partial charge on any atom is 0.119 e. The lowest BCUT2D eigenvalue weighted by atomic mass is 10.1. The van der Waals surface area contributed by atoms with Crippen LogP contribution in [0.15, 0.2) is 24.3 Å². The molecule has 1 aromatic carbocycles. The molecule has 16 heavy (non-hydrogen) atoms. The van der Waals surface area contributed by atoms with Gasteiger partial charge in [-0.25, -0.2) is 0 Å². The van der Waals surface area contributed by atoms with Gasteiger partial charge in [-0.1, -0.05) is 25.5 Å². The predicted molar refractivity (Wildman–Crippen MR) is 67.3 cm³/mol. The number of aryl methyl sites for hydroxylation is 1. The quantitative estimate of drug-likeness (QED) is 0.745. The molecule has 0 heterocycles. The highest BCUT2D eigenvalue weighted by Gasteiger charge is 2.02. The first-order valence-corrected chi connectivity index (χ1v) is 6.25. The number of unbranched alkanes of at least 4 members (excludes halogenated alkanes) is 1. The van der Waals surface area contributed by atoms with Gasteiger partial charge in [-0.3, -0.25) is 0 Å². The fraction of sp³-hybridized carbons (Fsp3) is 0.538. The van der Waals surface area contributed by atoms with Crippen molar-refractivity contribution in [2.45, 2.75) is 32.3 Å². The van der Waals surface area contributed by atoms with Crippen molar-refractivity contribution in [3.63, 3.8) is 0 Å². The Morgan fingerprint density at radius 3 is 2.56 bits per heavy atom. The average molecular weight is 243 g/mol. The Kier molecular flexibility index (Phi) is 6.27. The van der Waals surface area contributed by atoms with Crippen molar-refractivity contribution >= 4 is 11.6 Å². The van der Waals surface area contributed by atoms with Gasteiger partial charge in [-0.05, 0) is 30.5 Å². The molecular formula is C13H19ClO2. The van der Waals surface area contributed by atoms with E-state index in [1.165, 1.54) is 18.4 Å². The molecular weight excluding hydrogens is 224 g/mol. The fourth-order valence-corrected chi connectivity index (χ4v) is 1.46. The van der Waals surface area contributed by atoms with E-state index < -0.39 is 6.10 Å². The minimum atomic E-state index is -0.596. The van der Waals surface area contributed by atoms with Gasteiger partial charge in [0.1, 0.15) is 18.5 Å². The largest absolute Gasteiger partial charge is 0.491 e. The summed E-state index contributed by atoms with van der Waals surface area (Å²) in [5, 5.41) is 9.23. The van der Waals surface area contributed by atoms with E-state index in [4.69, 9.17) is 16.3 Å². The number of alkyl halides is 1. The van der Waals surface area contributed by atoms with Crippen molar-refractivity contribution in [1.82, 2.24) is 0 Å². The molecule has 0 fully saturated rings. The van der Waals surface area contributed by atoms with Crippen molar-refractivity contribution in [3.05, 3.63) is 29.8 Å². The minimum Gasteiger partial charge on any atom is -0.491 e. The molecule has 0 spiro atoms. The van der Waals surface area contributed by atoms with Gasteiger partial charge in [0.05, 0.1) is 5.88 Å². The molecule has 1 atom stereocenters. The van der Waals surface area contributed by atoms with Gasteiger partial charge >= 0.3 is 0 Å². The molecule has 0 aliphatic carbocycles. The number of aliphatic hydroxyl groups is 1. The Bertz CT molecular complexity index is 284. The lowest BCUT2D eigenvalue weighted by molar-refractivity contribution is 0.125. The van der Waals surface area contributed by atoms with Crippen molar-refractivity contribution in [1.29, 1.82) is 0 Å². The number of hydrogen-bond acceptors (Lipinski definition) is 2. The summed E-state index contributed by atoms with van der Waals surface area (Å²) >= 11 is 5.47. The Morgan fingerprint density at radius 2 is 2.00 bits per heavy atom. The van der Waals surface area contributed by atoms with E-state index in [-0.39, 0.29) is 12.5 Å². The van der Waals surface area contributed by atoms with E-state index in [0.717, 1.165) is 12.2 Å². The van der Waals surface area contributed by atoms with Crippen LogP contribution in [0.3, 0.4) is 0 Å². The topological polar surface area (TPSA) is 29.5 Å². The molecule has 90 valence electrons. The van der Waals surface area contributed by atoms with E-state index in [1.54, 1.807) is 0 Å². The Balaban J connectivity index is 2.38. The zero-order chi connectivity index (χ0) is 11.8. The minimum absolute atomic E-state index is 0.203. The van der Waals surface area contributed by atoms with Gasteiger partial charge in [0.2, 0.25) is 0 Å². The van der Waals surface area contributed by atoms with Crippen LogP contribution in [0.1, 0.15) is 25.3 Å². The second kappa shape index (κ2) is 7.53. The molecule has 1 N–H and O–H groups in total. The zero-order valence-electron chi connectivity index (χ0n) is 9.66. The summed E-state index contributed by atoms with van der Waals surface area (Å²) in [5.74, 6) is 0.985. The molecule has 3 heteroatoms. The number of rotatable bonds is 7. The highest BCUT2D eigenvalue weighted by Crippen LogP contribution is 2.14. The summed E-state index contributed by atoms with van der Waals surface area (Å²) in [4.78, 5) is 0. The molecule has 0 amide bonds. The van der Waals surface area contributed by atoms with Gasteiger partial charge in [0, 0.05) is 0 Å². The summed E-state index contributed by atoms with van der Waals surface area (Å²) in [7, 11) is 0. The van der Waals surface area contributed by atoms with E-state index in [1.807, 2.05) is 12.1 Å². The van der Waals surface area contributed by atoms with Gasteiger partial charge in [-0.2, -0.15) is 0 Å². The zero-order valence-corrected chi connectivity index (χ0v) is 10.4. The van der Waals surface area contributed by atoms with Crippen LogP contribution < -0.4 is 4.74 Å². The van der Waals surface area contributed by atoms with Crippen LogP contribution in [-0.4, -0.2) is 23.7 Å². The first kappa shape index (κ1) is 13.3. The summed E-state index contributed by atoms with van der Waals surface area (Å²) in [5.41, 5.74) is 1.33. The molecule has 1 aromatic rings. The smallest absolute Gasteiger partial charge is 0.119 e. The molecule has 1 unspecified atom stereocenters. The highest BCUT2D eigenvalue weighted by molar-refractivity contribution is 6.18. The number of ether oxygens (including phenoxy) is 1. The maximum absolute atomic E-state index is 9.23. The van der Waals surface area contributed by atoms with Gasteiger partial charge in [0.15, 0.2) is 0 Å². The molecule has 0 aliphatic heterocycles. The van der Waals surface area contributed by atoms with E-state index >= 15 is 0 Å². The monoisotopic (exact) mass is 242 g/mol. The van der Waals surface area contributed by atoms with Crippen LogP contribution >= 0.6 is 11.6 Å². The van der Waals surface area contributed by atoms with E-state index in [9.17, 15) is 5.11 Å². The second-order valence-electron chi connectivity index (χ2n) is 3.87. The van der Waals surface area contributed by atoms with E-state index in [0.29, 0.717) is 0 Å². The Hall–Kier alpha value is -0.730. The summed E-state index contributed by atoms with van der Waals surface area (Å²) in [6.45, 7) is 2.43. The molecule has 0 bridgehead atoms. The standard InChI is InChI=1S/C13H19ClO2/c1-2-3-4-11-5-7-13(8-6-11)16-10-12(15)9-14/h5-8,12,15H,2-4,9-10H2,1H3. The number of halogens is 1. The maximum atomic E-state index is 9.23. The lowest BCUT2D eigenvalue weighted by Crippen LogP contribution is -2.18. The van der Waals surface area contributed by atoms with Crippen LogP contribution in [0.2, 0.25) is 0 Å². The molecule has 2 nitrogen and oxygen atoms in total. The normalized spacial score (nSPS) is 12.4. The SMILES string of the molecule is CCCCc1ccc(OCC(O)CCl)cc1. The first-order chi connectivity index (χ1) is 7.76. The van der Waals surface area contributed by atoms with Gasteiger partial charge < -0.3 is 9.84 Å². The third-order valence-electron chi connectivity index (χ3n) is 2.36. The van der Waals surface area contributed by atoms with Crippen LogP contribution in [-0.2, 0) is 6.42 Å². The fourth-order valence-electron chi connectivity index (χ4n) is 1.37. The molecule has 0 radical (unpaired) electrons. The molecule has 1 rings (SSSR count). The molecule has 0 aliphatic rings. The van der Waals surface area contributed by atoms with Crippen LogP contribution in [0, 0.1) is 0 Å². The third kappa shape index (κ3) is 4.86. The number of aliphatic hydroxyl groups excluding tert-OH is 1. The van der Waals surface area contributed by atoms with Crippen molar-refractivity contribution in [2.24, 2.45) is 0 Å². The lowest BCUT2D eigenvalue weighted by Gasteiger charge is -2.10. The molecule has 0 saturated heterocycles. The highest BCUT2D eigenvalue weighted by atomic mass is 35.5. The summed E-state index contributed by atoms with van der Waals surface area (Å²) in [6.07, 6.45) is 2.94. The number of hydrogen-bond donors (Lipinski definition) is 1. The summed E-state index contributed by atoms with van der Waals surface area (Å²) in [6, 6.07) is 8.01. The Labute approximate surface area is 102 Å². The Morgan fingerprint density at radius 1 is 1.31 bits per heavy atom. The number of benzene rings is 1.